The highest BCUT2D eigenvalue weighted by atomic mass is 14.7. The van der Waals surface area contributed by atoms with E-state index in [9.17, 15) is 0 Å². The molecule has 0 fully saturated rings. The largest absolute Gasteiger partial charge is 0.399 e. The van der Waals surface area contributed by atoms with Crippen LogP contribution in [-0.4, -0.2) is 12.8 Å². The second-order valence-corrected chi connectivity index (χ2v) is 2.65. The normalized spacial score (nSPS) is 23.3. The van der Waals surface area contributed by atoms with Gasteiger partial charge in [-0.1, -0.05) is 19.1 Å². The van der Waals surface area contributed by atoms with Crippen molar-refractivity contribution >= 4 is 5.71 Å². The van der Waals surface area contributed by atoms with Crippen LogP contribution in [0.5, 0.6) is 0 Å². The van der Waals surface area contributed by atoms with Crippen molar-refractivity contribution in [1.29, 1.82) is 0 Å². The molecule has 1 aliphatic rings. The molecule has 1 aliphatic carbocycles. The Kier molecular flexibility index (Phi) is 2.86. The zero-order valence-electron chi connectivity index (χ0n) is 7.54. The molecule has 1 rings (SSSR count). The molecule has 2 nitrogen and oxygen atoms in total. The molecule has 2 N–H and O–H groups in total. The quantitative estimate of drug-likeness (QED) is 0.627. The van der Waals surface area contributed by atoms with Gasteiger partial charge in [-0.05, 0) is 24.1 Å². The van der Waals surface area contributed by atoms with Gasteiger partial charge in [0.2, 0.25) is 0 Å². The van der Waals surface area contributed by atoms with Crippen LogP contribution >= 0.6 is 0 Å². The fourth-order valence-electron chi connectivity index (χ4n) is 1.15. The van der Waals surface area contributed by atoms with E-state index < -0.39 is 0 Å². The van der Waals surface area contributed by atoms with E-state index in [0.717, 1.165) is 23.4 Å². The van der Waals surface area contributed by atoms with Gasteiger partial charge in [0.05, 0.1) is 5.71 Å². The van der Waals surface area contributed by atoms with E-state index in [-0.39, 0.29) is 0 Å². The molecule has 0 saturated heterocycles. The zero-order valence-corrected chi connectivity index (χ0v) is 7.54. The molecule has 0 heterocycles. The molecule has 0 atom stereocenters. The van der Waals surface area contributed by atoms with Gasteiger partial charge in [-0.15, -0.1) is 0 Å². The third-order valence-corrected chi connectivity index (χ3v) is 1.72. The molecule has 0 spiro atoms. The van der Waals surface area contributed by atoms with E-state index >= 15 is 0 Å². The maximum atomic E-state index is 5.63. The first-order valence-corrected chi connectivity index (χ1v) is 4.10. The van der Waals surface area contributed by atoms with Crippen LogP contribution in [0.15, 0.2) is 40.6 Å². The maximum Gasteiger partial charge on any atom is 0.0660 e. The van der Waals surface area contributed by atoms with E-state index in [1.165, 1.54) is 0 Å². The second kappa shape index (κ2) is 3.90. The van der Waals surface area contributed by atoms with Gasteiger partial charge in [0.15, 0.2) is 0 Å². The molecule has 0 saturated carbocycles. The number of hydrogen-bond acceptors (Lipinski definition) is 2. The third-order valence-electron chi connectivity index (χ3n) is 1.72. The van der Waals surface area contributed by atoms with E-state index in [1.807, 2.05) is 18.2 Å². The van der Waals surface area contributed by atoms with Gasteiger partial charge in [-0.3, -0.25) is 4.99 Å². The van der Waals surface area contributed by atoms with Crippen molar-refractivity contribution in [3.05, 3.63) is 35.6 Å². The van der Waals surface area contributed by atoms with Gasteiger partial charge in [0.25, 0.3) is 0 Å². The summed E-state index contributed by atoms with van der Waals surface area (Å²) >= 11 is 0. The minimum absolute atomic E-state index is 0.767. The smallest absolute Gasteiger partial charge is 0.0660 e. The Balaban J connectivity index is 2.96. The monoisotopic (exact) mass is 162 g/mol. The van der Waals surface area contributed by atoms with Crippen LogP contribution in [0.2, 0.25) is 0 Å². The molecule has 0 aromatic rings. The highest BCUT2D eigenvalue weighted by Gasteiger charge is 2.04. The third kappa shape index (κ3) is 1.84. The average molecular weight is 162 g/mol. The Morgan fingerprint density at radius 2 is 2.25 bits per heavy atom. The molecule has 0 aromatic heterocycles. The molecule has 0 amide bonds. The Hall–Kier alpha value is -1.31. The van der Waals surface area contributed by atoms with Gasteiger partial charge in [0.1, 0.15) is 0 Å². The predicted molar refractivity (Wildman–Crippen MR) is 53.1 cm³/mol. The number of allylic oxidation sites excluding steroid dienone is 5. The van der Waals surface area contributed by atoms with Crippen molar-refractivity contribution < 1.29 is 0 Å². The van der Waals surface area contributed by atoms with Gasteiger partial charge in [-0.25, -0.2) is 0 Å². The van der Waals surface area contributed by atoms with E-state index in [1.54, 1.807) is 7.05 Å². The lowest BCUT2D eigenvalue weighted by Crippen LogP contribution is -2.07. The Morgan fingerprint density at radius 3 is 2.83 bits per heavy atom. The Morgan fingerprint density at radius 1 is 1.50 bits per heavy atom. The summed E-state index contributed by atoms with van der Waals surface area (Å²) < 4.78 is 0. The molecular weight excluding hydrogens is 148 g/mol. The molecule has 12 heavy (non-hydrogen) atoms. The first-order valence-electron chi connectivity index (χ1n) is 4.10. The summed E-state index contributed by atoms with van der Waals surface area (Å²) in [7, 11) is 1.78. The minimum atomic E-state index is 0.767. The SMILES string of the molecule is CC/C=C1/C=CC(N)=CC1=NC. The lowest BCUT2D eigenvalue weighted by Gasteiger charge is -2.07. The summed E-state index contributed by atoms with van der Waals surface area (Å²) in [5.41, 5.74) is 8.52. The fraction of sp³-hybridized carbons (Fsp3) is 0.300. The number of nitrogens with zero attached hydrogens (tertiary/aromatic N) is 1. The summed E-state index contributed by atoms with van der Waals surface area (Å²) in [6.45, 7) is 2.11. The predicted octanol–water partition coefficient (Wildman–Crippen LogP) is 1.81. The van der Waals surface area contributed by atoms with E-state index in [0.29, 0.717) is 0 Å². The van der Waals surface area contributed by atoms with Crippen molar-refractivity contribution in [3.8, 4) is 0 Å². The first kappa shape index (κ1) is 8.78. The molecule has 64 valence electrons. The molecule has 2 heteroatoms. The number of aliphatic imine (C=N–C) groups is 1. The zero-order chi connectivity index (χ0) is 8.97. The van der Waals surface area contributed by atoms with Crippen molar-refractivity contribution in [2.45, 2.75) is 13.3 Å². The first-order chi connectivity index (χ1) is 5.77. The topological polar surface area (TPSA) is 38.4 Å². The molecule has 0 unspecified atom stereocenters. The summed E-state index contributed by atoms with van der Waals surface area (Å²) in [6.07, 6.45) is 8.95. The number of rotatable bonds is 1. The van der Waals surface area contributed by atoms with Crippen molar-refractivity contribution in [1.82, 2.24) is 0 Å². The number of nitrogens with two attached hydrogens (primary N) is 1. The van der Waals surface area contributed by atoms with Gasteiger partial charge < -0.3 is 5.73 Å². The van der Waals surface area contributed by atoms with Crippen LogP contribution in [0.4, 0.5) is 0 Å². The molecule has 0 aromatic carbocycles. The van der Waals surface area contributed by atoms with Crippen LogP contribution in [0, 0.1) is 0 Å². The molecule has 0 aliphatic heterocycles. The van der Waals surface area contributed by atoms with Crippen molar-refractivity contribution in [2.75, 3.05) is 7.05 Å². The lowest BCUT2D eigenvalue weighted by atomic mass is 10.0. The Labute approximate surface area is 73.2 Å². The van der Waals surface area contributed by atoms with Crippen LogP contribution in [-0.2, 0) is 0 Å². The van der Waals surface area contributed by atoms with Crippen LogP contribution < -0.4 is 5.73 Å². The van der Waals surface area contributed by atoms with E-state index in [4.69, 9.17) is 5.73 Å². The minimum Gasteiger partial charge on any atom is -0.399 e. The molecule has 0 bridgehead atoms. The summed E-state index contributed by atoms with van der Waals surface area (Å²) in [5, 5.41) is 0. The maximum absolute atomic E-state index is 5.63. The van der Waals surface area contributed by atoms with Crippen molar-refractivity contribution in [3.63, 3.8) is 0 Å². The summed E-state index contributed by atoms with van der Waals surface area (Å²) in [6, 6.07) is 0. The van der Waals surface area contributed by atoms with Gasteiger partial charge >= 0.3 is 0 Å². The molecular formula is C10H14N2. The highest BCUT2D eigenvalue weighted by molar-refractivity contribution is 6.11. The summed E-state index contributed by atoms with van der Waals surface area (Å²) in [5.74, 6) is 0. The molecule has 0 radical (unpaired) electrons. The van der Waals surface area contributed by atoms with Gasteiger partial charge in [-0.2, -0.15) is 0 Å². The van der Waals surface area contributed by atoms with Crippen molar-refractivity contribution in [2.24, 2.45) is 10.7 Å². The lowest BCUT2D eigenvalue weighted by molar-refractivity contribution is 1.21. The number of hydrogen-bond donors (Lipinski definition) is 1. The van der Waals surface area contributed by atoms with Crippen LogP contribution in [0.1, 0.15) is 13.3 Å². The van der Waals surface area contributed by atoms with Crippen LogP contribution in [0.25, 0.3) is 0 Å². The second-order valence-electron chi connectivity index (χ2n) is 2.65. The Bertz CT molecular complexity index is 280. The highest BCUT2D eigenvalue weighted by Crippen LogP contribution is 2.11. The summed E-state index contributed by atoms with van der Waals surface area (Å²) in [4.78, 5) is 4.14. The average Bonchev–Trinajstić information content (AvgIpc) is 2.08. The standard InChI is InChI=1S/C10H14N2/c1-3-4-8-5-6-9(11)7-10(8)12-2/h4-7H,3,11H2,1-2H3/b8-4-,12-10?. The van der Waals surface area contributed by atoms with E-state index in [2.05, 4.69) is 18.0 Å². The van der Waals surface area contributed by atoms with Gasteiger partial charge in [0, 0.05) is 12.7 Å². The fourth-order valence-corrected chi connectivity index (χ4v) is 1.15. The van der Waals surface area contributed by atoms with Crippen LogP contribution in [0.3, 0.4) is 0 Å².